The van der Waals surface area contributed by atoms with Crippen LogP contribution < -0.4 is 0 Å². The monoisotopic (exact) mass is 310 g/mol. The molecule has 0 spiro atoms. The second-order valence-corrected chi connectivity index (χ2v) is 7.91. The van der Waals surface area contributed by atoms with Gasteiger partial charge in [0, 0.05) is 33.8 Å². The smallest absolute Gasteiger partial charge is 0.394 e. The first-order chi connectivity index (χ1) is 9.59. The second kappa shape index (κ2) is 9.06. The summed E-state index contributed by atoms with van der Waals surface area (Å²) in [7, 11) is 2.13. The summed E-state index contributed by atoms with van der Waals surface area (Å²) in [6, 6.07) is 0.628. The predicted octanol–water partition coefficient (Wildman–Crippen LogP) is -0.218. The molecular formula is C12H26O7Si. The summed E-state index contributed by atoms with van der Waals surface area (Å²) < 4.78 is 27.0. The summed E-state index contributed by atoms with van der Waals surface area (Å²) in [5.74, 6) is 0. The third-order valence-electron chi connectivity index (χ3n) is 3.37. The number of epoxide rings is 1. The van der Waals surface area contributed by atoms with E-state index in [4.69, 9.17) is 27.9 Å². The molecule has 8 heteroatoms. The average Bonchev–Trinajstić information content (AvgIpc) is 3.29. The highest BCUT2D eigenvalue weighted by molar-refractivity contribution is 6.60. The summed E-state index contributed by atoms with van der Waals surface area (Å²) in [5, 5.41) is 18.2. The van der Waals surface area contributed by atoms with Gasteiger partial charge in [0.15, 0.2) is 0 Å². The molecule has 0 aromatic rings. The van der Waals surface area contributed by atoms with Crippen LogP contribution in [0, 0.1) is 0 Å². The van der Waals surface area contributed by atoms with Gasteiger partial charge in [-0.2, -0.15) is 0 Å². The molecule has 1 saturated heterocycles. The van der Waals surface area contributed by atoms with Crippen LogP contribution in [0.2, 0.25) is 6.04 Å². The fourth-order valence-corrected chi connectivity index (χ4v) is 3.75. The Labute approximate surface area is 121 Å². The van der Waals surface area contributed by atoms with Gasteiger partial charge >= 0.3 is 8.80 Å². The molecule has 3 unspecified atom stereocenters. The minimum absolute atomic E-state index is 0.0731. The van der Waals surface area contributed by atoms with Gasteiger partial charge < -0.3 is 33.0 Å². The van der Waals surface area contributed by atoms with E-state index >= 15 is 0 Å². The van der Waals surface area contributed by atoms with Crippen molar-refractivity contribution in [3.05, 3.63) is 0 Å². The van der Waals surface area contributed by atoms with Crippen molar-refractivity contribution in [1.29, 1.82) is 0 Å². The lowest BCUT2D eigenvalue weighted by Crippen LogP contribution is -2.43. The molecule has 0 aromatic heterocycles. The number of aliphatic hydroxyl groups excluding tert-OH is 2. The molecule has 0 amide bonds. The zero-order valence-electron chi connectivity index (χ0n) is 12.4. The molecule has 0 aliphatic carbocycles. The van der Waals surface area contributed by atoms with Gasteiger partial charge in [0.25, 0.3) is 0 Å². The van der Waals surface area contributed by atoms with Crippen LogP contribution in [-0.4, -0.2) is 78.5 Å². The Morgan fingerprint density at radius 3 is 2.30 bits per heavy atom. The molecule has 1 aliphatic heterocycles. The molecule has 1 heterocycles. The highest BCUT2D eigenvalue weighted by Gasteiger charge is 2.39. The number of rotatable bonds is 12. The standard InChI is InChI=1S/C12H26O7Si/c1-15-20(16-2,17-3)5-4-11(6-12-9-19-12)18-8-10(14)7-13/h10-14H,4-9H2,1-3H3. The minimum Gasteiger partial charge on any atom is -0.394 e. The first-order valence-electron chi connectivity index (χ1n) is 6.76. The van der Waals surface area contributed by atoms with E-state index < -0.39 is 14.9 Å². The van der Waals surface area contributed by atoms with Crippen LogP contribution >= 0.6 is 0 Å². The van der Waals surface area contributed by atoms with Crippen molar-refractivity contribution < 1.29 is 33.0 Å². The summed E-state index contributed by atoms with van der Waals surface area (Å²) in [6.07, 6.45) is 0.761. The lowest BCUT2D eigenvalue weighted by atomic mass is 10.1. The van der Waals surface area contributed by atoms with Crippen molar-refractivity contribution in [1.82, 2.24) is 0 Å². The maximum Gasteiger partial charge on any atom is 0.500 e. The summed E-state index contributed by atoms with van der Waals surface area (Å²) in [6.45, 7) is 0.554. The van der Waals surface area contributed by atoms with Crippen LogP contribution in [0.5, 0.6) is 0 Å². The van der Waals surface area contributed by atoms with Gasteiger partial charge in [0.1, 0.15) is 6.10 Å². The fraction of sp³-hybridized carbons (Fsp3) is 1.00. The van der Waals surface area contributed by atoms with Crippen molar-refractivity contribution in [2.75, 3.05) is 41.2 Å². The molecule has 3 atom stereocenters. The molecule has 1 rings (SSSR count). The zero-order chi connectivity index (χ0) is 15.0. The Hall–Kier alpha value is -0.0631. The molecule has 0 radical (unpaired) electrons. The van der Waals surface area contributed by atoms with Gasteiger partial charge in [-0.05, 0) is 6.42 Å². The quantitative estimate of drug-likeness (QED) is 0.380. The van der Waals surface area contributed by atoms with Crippen LogP contribution in [0.25, 0.3) is 0 Å². The highest BCUT2D eigenvalue weighted by atomic mass is 28.4. The van der Waals surface area contributed by atoms with Crippen LogP contribution in [-0.2, 0) is 22.8 Å². The Bertz CT molecular complexity index is 250. The van der Waals surface area contributed by atoms with Gasteiger partial charge in [-0.15, -0.1) is 0 Å². The topological polar surface area (TPSA) is 89.9 Å². The van der Waals surface area contributed by atoms with E-state index in [1.807, 2.05) is 0 Å². The molecule has 0 aromatic carbocycles. The predicted molar refractivity (Wildman–Crippen MR) is 73.4 cm³/mol. The second-order valence-electron chi connectivity index (χ2n) is 4.82. The third-order valence-corrected chi connectivity index (χ3v) is 6.14. The molecule has 1 fully saturated rings. The van der Waals surface area contributed by atoms with Crippen molar-refractivity contribution in [3.63, 3.8) is 0 Å². The Balaban J connectivity index is 2.42. The first-order valence-corrected chi connectivity index (χ1v) is 8.70. The molecular weight excluding hydrogens is 284 g/mol. The fourth-order valence-electron chi connectivity index (χ4n) is 1.96. The van der Waals surface area contributed by atoms with Gasteiger partial charge in [-0.1, -0.05) is 0 Å². The molecule has 0 bridgehead atoms. The maximum atomic E-state index is 9.35. The lowest BCUT2D eigenvalue weighted by molar-refractivity contribution is -0.0355. The van der Waals surface area contributed by atoms with Crippen molar-refractivity contribution in [2.45, 2.75) is 37.2 Å². The van der Waals surface area contributed by atoms with Crippen molar-refractivity contribution >= 4 is 8.80 Å². The Morgan fingerprint density at radius 2 is 1.85 bits per heavy atom. The third kappa shape index (κ3) is 6.14. The van der Waals surface area contributed by atoms with Gasteiger partial charge in [0.05, 0.1) is 32.0 Å². The normalized spacial score (nSPS) is 21.8. The minimum atomic E-state index is -2.61. The van der Waals surface area contributed by atoms with E-state index in [1.54, 1.807) is 21.3 Å². The van der Waals surface area contributed by atoms with E-state index in [0.717, 1.165) is 13.0 Å². The van der Waals surface area contributed by atoms with E-state index in [-0.39, 0.29) is 25.4 Å². The van der Waals surface area contributed by atoms with Crippen LogP contribution in [0.1, 0.15) is 12.8 Å². The zero-order valence-corrected chi connectivity index (χ0v) is 13.4. The lowest BCUT2D eigenvalue weighted by Gasteiger charge is -2.26. The summed E-state index contributed by atoms with van der Waals surface area (Å²) in [5.41, 5.74) is 0. The molecule has 1 aliphatic rings. The molecule has 7 nitrogen and oxygen atoms in total. The Kier molecular flexibility index (Phi) is 8.15. The number of ether oxygens (including phenoxy) is 2. The molecule has 0 saturated carbocycles. The van der Waals surface area contributed by atoms with Crippen molar-refractivity contribution in [3.8, 4) is 0 Å². The first kappa shape index (κ1) is 18.0. The number of hydrogen-bond donors (Lipinski definition) is 2. The average molecular weight is 310 g/mol. The molecule has 120 valence electrons. The van der Waals surface area contributed by atoms with E-state index in [1.165, 1.54) is 0 Å². The van der Waals surface area contributed by atoms with Crippen molar-refractivity contribution in [2.24, 2.45) is 0 Å². The van der Waals surface area contributed by atoms with Gasteiger partial charge in [0.2, 0.25) is 0 Å². The SMILES string of the molecule is CO[Si](CCC(CC1CO1)OCC(O)CO)(OC)OC. The Morgan fingerprint density at radius 1 is 1.25 bits per heavy atom. The van der Waals surface area contributed by atoms with Crippen LogP contribution in [0.4, 0.5) is 0 Å². The number of hydrogen-bond acceptors (Lipinski definition) is 7. The van der Waals surface area contributed by atoms with Gasteiger partial charge in [-0.3, -0.25) is 0 Å². The summed E-state index contributed by atoms with van der Waals surface area (Å²) in [4.78, 5) is 0. The van der Waals surface area contributed by atoms with Gasteiger partial charge in [-0.25, -0.2) is 0 Å². The molecule has 2 N–H and O–H groups in total. The maximum absolute atomic E-state index is 9.35. The molecule has 20 heavy (non-hydrogen) atoms. The van der Waals surface area contributed by atoms with Crippen LogP contribution in [0.3, 0.4) is 0 Å². The number of aliphatic hydroxyl groups is 2. The summed E-state index contributed by atoms with van der Waals surface area (Å²) >= 11 is 0. The van der Waals surface area contributed by atoms with E-state index in [2.05, 4.69) is 0 Å². The largest absolute Gasteiger partial charge is 0.500 e. The van der Waals surface area contributed by atoms with Crippen LogP contribution in [0.15, 0.2) is 0 Å². The van der Waals surface area contributed by atoms with E-state index in [9.17, 15) is 5.11 Å². The highest BCUT2D eigenvalue weighted by Crippen LogP contribution is 2.24. The van der Waals surface area contributed by atoms with E-state index in [0.29, 0.717) is 12.5 Å².